The minimum Gasteiger partial charge on any atom is -0.482 e. The largest absolute Gasteiger partial charge is 0.482 e. The minimum absolute atomic E-state index is 0.195. The molecule has 1 atom stereocenters. The van der Waals surface area contributed by atoms with E-state index in [-0.39, 0.29) is 23.6 Å². The molecule has 0 aliphatic carbocycles. The molecule has 1 aromatic heterocycles. The van der Waals surface area contributed by atoms with E-state index in [4.69, 9.17) is 14.4 Å². The smallest absolute Gasteiger partial charge is 0.341 e. The Kier molecular flexibility index (Phi) is 6.77. The van der Waals surface area contributed by atoms with E-state index in [9.17, 15) is 9.59 Å². The molecule has 7 heteroatoms. The van der Waals surface area contributed by atoms with Crippen molar-refractivity contribution in [2.75, 3.05) is 6.61 Å². The van der Waals surface area contributed by atoms with Crippen molar-refractivity contribution in [3.05, 3.63) is 47.3 Å². The van der Waals surface area contributed by atoms with Gasteiger partial charge in [0.15, 0.2) is 6.61 Å². The second kappa shape index (κ2) is 9.03. The monoisotopic (exact) mass is 360 g/mol. The van der Waals surface area contributed by atoms with Crippen molar-refractivity contribution in [3.63, 3.8) is 0 Å². The van der Waals surface area contributed by atoms with E-state index in [0.717, 1.165) is 24.1 Å². The van der Waals surface area contributed by atoms with Crippen molar-refractivity contribution in [1.29, 1.82) is 0 Å². The summed E-state index contributed by atoms with van der Waals surface area (Å²) in [5, 5.41) is 15.5. The lowest BCUT2D eigenvalue weighted by Gasteiger charge is -2.13. The van der Waals surface area contributed by atoms with Crippen molar-refractivity contribution in [2.45, 2.75) is 45.6 Å². The van der Waals surface area contributed by atoms with Gasteiger partial charge in [-0.15, -0.1) is 0 Å². The van der Waals surface area contributed by atoms with Crippen LogP contribution in [-0.2, 0) is 4.79 Å². The number of nitrogens with one attached hydrogen (secondary N) is 1. The molecule has 7 nitrogen and oxygen atoms in total. The molecule has 1 heterocycles. The number of nitrogens with zero attached hydrogens (tertiary/aromatic N) is 1. The van der Waals surface area contributed by atoms with E-state index in [1.165, 1.54) is 0 Å². The van der Waals surface area contributed by atoms with Gasteiger partial charge in [-0.25, -0.2) is 4.79 Å². The van der Waals surface area contributed by atoms with Crippen LogP contribution in [0.25, 0.3) is 0 Å². The predicted molar refractivity (Wildman–Crippen MR) is 95.3 cm³/mol. The Balaban J connectivity index is 1.97. The normalized spacial score (nSPS) is 12.0. The predicted octanol–water partition coefficient (Wildman–Crippen LogP) is 3.53. The van der Waals surface area contributed by atoms with Gasteiger partial charge in [0.05, 0.1) is 11.7 Å². The molecule has 0 bridgehead atoms. The summed E-state index contributed by atoms with van der Waals surface area (Å²) in [7, 11) is 0. The Morgan fingerprint density at radius 3 is 2.46 bits per heavy atom. The van der Waals surface area contributed by atoms with Crippen LogP contribution in [0, 0.1) is 0 Å². The third-order valence-electron chi connectivity index (χ3n) is 4.25. The number of aliphatic carboxylic acids is 1. The van der Waals surface area contributed by atoms with Gasteiger partial charge in [0.25, 0.3) is 5.91 Å². The van der Waals surface area contributed by atoms with Crippen molar-refractivity contribution < 1.29 is 24.0 Å². The summed E-state index contributed by atoms with van der Waals surface area (Å²) in [6, 6.07) is 8.33. The Morgan fingerprint density at radius 1 is 1.23 bits per heavy atom. The van der Waals surface area contributed by atoms with Gasteiger partial charge >= 0.3 is 5.97 Å². The molecule has 1 amide bonds. The first-order valence-corrected chi connectivity index (χ1v) is 8.66. The molecule has 0 saturated heterocycles. The Hall–Kier alpha value is -2.83. The second-order valence-electron chi connectivity index (χ2n) is 6.08. The summed E-state index contributed by atoms with van der Waals surface area (Å²) in [5.41, 5.74) is 1.66. The van der Waals surface area contributed by atoms with Crippen LogP contribution < -0.4 is 10.1 Å². The molecule has 0 aliphatic rings. The van der Waals surface area contributed by atoms with Crippen LogP contribution in [0.2, 0.25) is 0 Å². The fourth-order valence-corrected chi connectivity index (χ4v) is 2.64. The first kappa shape index (κ1) is 19.5. The van der Waals surface area contributed by atoms with E-state index in [2.05, 4.69) is 24.3 Å². The highest BCUT2D eigenvalue weighted by Crippen LogP contribution is 2.23. The van der Waals surface area contributed by atoms with Crippen LogP contribution in [0.1, 0.15) is 67.4 Å². The molecule has 2 rings (SSSR count). The topological polar surface area (TPSA) is 102 Å². The molecule has 0 spiro atoms. The first-order valence-electron chi connectivity index (χ1n) is 8.66. The van der Waals surface area contributed by atoms with Gasteiger partial charge in [-0.2, -0.15) is 0 Å². The number of carbonyl (C=O) groups is 2. The van der Waals surface area contributed by atoms with Crippen LogP contribution in [0.5, 0.6) is 5.75 Å². The van der Waals surface area contributed by atoms with E-state index >= 15 is 0 Å². The molecule has 1 unspecified atom stereocenters. The van der Waals surface area contributed by atoms with Gasteiger partial charge in [0.2, 0.25) is 5.76 Å². The van der Waals surface area contributed by atoms with Gasteiger partial charge in [-0.1, -0.05) is 31.1 Å². The summed E-state index contributed by atoms with van der Waals surface area (Å²) in [5.74, 6) is -0.418. The van der Waals surface area contributed by atoms with Crippen molar-refractivity contribution in [3.8, 4) is 5.75 Å². The average Bonchev–Trinajstić information content (AvgIpc) is 3.11. The molecular weight excluding hydrogens is 336 g/mol. The van der Waals surface area contributed by atoms with Crippen LogP contribution in [0.4, 0.5) is 0 Å². The van der Waals surface area contributed by atoms with E-state index in [1.807, 2.05) is 6.92 Å². The summed E-state index contributed by atoms with van der Waals surface area (Å²) >= 11 is 0. The first-order chi connectivity index (χ1) is 12.4. The zero-order valence-corrected chi connectivity index (χ0v) is 15.2. The van der Waals surface area contributed by atoms with Crippen molar-refractivity contribution in [2.24, 2.45) is 0 Å². The molecule has 140 valence electrons. The highest BCUT2D eigenvalue weighted by atomic mass is 16.5. The molecule has 0 fully saturated rings. The lowest BCUT2D eigenvalue weighted by molar-refractivity contribution is -0.139. The fourth-order valence-electron chi connectivity index (χ4n) is 2.64. The quantitative estimate of drug-likeness (QED) is 0.709. The Morgan fingerprint density at radius 2 is 1.88 bits per heavy atom. The summed E-state index contributed by atoms with van der Waals surface area (Å²) in [4.78, 5) is 22.9. The maximum Gasteiger partial charge on any atom is 0.341 e. The summed E-state index contributed by atoms with van der Waals surface area (Å²) in [6.07, 6.45) is 1.88. The van der Waals surface area contributed by atoms with Crippen LogP contribution in [0.15, 0.2) is 34.9 Å². The average molecular weight is 360 g/mol. The van der Waals surface area contributed by atoms with Crippen LogP contribution in [0.3, 0.4) is 0 Å². The lowest BCUT2D eigenvalue weighted by atomic mass is 9.99. The maximum absolute atomic E-state index is 12.4. The number of carboxylic acids is 1. The summed E-state index contributed by atoms with van der Waals surface area (Å²) < 4.78 is 10.3. The highest BCUT2D eigenvalue weighted by molar-refractivity contribution is 5.91. The Labute approximate surface area is 152 Å². The number of carboxylic acid groups (broad SMARTS) is 1. The number of carbonyl (C=O) groups excluding carboxylic acids is 1. The van der Waals surface area contributed by atoms with Gasteiger partial charge in [-0.05, 0) is 37.5 Å². The molecule has 0 aliphatic heterocycles. The van der Waals surface area contributed by atoms with Crippen molar-refractivity contribution >= 4 is 11.9 Å². The Bertz CT molecular complexity index is 735. The molecule has 0 radical (unpaired) electrons. The molecule has 2 aromatic rings. The third kappa shape index (κ3) is 5.08. The van der Waals surface area contributed by atoms with E-state index < -0.39 is 12.6 Å². The van der Waals surface area contributed by atoms with Crippen LogP contribution >= 0.6 is 0 Å². The van der Waals surface area contributed by atoms with Gasteiger partial charge in [0.1, 0.15) is 5.75 Å². The number of aromatic nitrogens is 1. The number of rotatable bonds is 9. The number of hydrogen-bond acceptors (Lipinski definition) is 5. The molecule has 26 heavy (non-hydrogen) atoms. The van der Waals surface area contributed by atoms with Crippen LogP contribution in [-0.4, -0.2) is 28.7 Å². The maximum atomic E-state index is 12.4. The number of ether oxygens (including phenoxy) is 1. The SMILES string of the molecule is CCC(CC)c1cc(C(=O)NC(C)c2ccc(OCC(=O)O)cc2)on1. The van der Waals surface area contributed by atoms with Gasteiger partial charge in [-0.3, -0.25) is 4.79 Å². The fraction of sp³-hybridized carbons (Fsp3) is 0.421. The van der Waals surface area contributed by atoms with Crippen molar-refractivity contribution in [1.82, 2.24) is 10.5 Å². The molecular formula is C19H24N2O5. The third-order valence-corrected chi connectivity index (χ3v) is 4.25. The number of hydrogen-bond donors (Lipinski definition) is 2. The zero-order chi connectivity index (χ0) is 19.1. The molecule has 2 N–H and O–H groups in total. The van der Waals surface area contributed by atoms with E-state index in [0.29, 0.717) is 5.75 Å². The van der Waals surface area contributed by atoms with Gasteiger partial charge < -0.3 is 19.7 Å². The zero-order valence-electron chi connectivity index (χ0n) is 15.2. The minimum atomic E-state index is -1.03. The highest BCUT2D eigenvalue weighted by Gasteiger charge is 2.19. The molecule has 0 saturated carbocycles. The van der Waals surface area contributed by atoms with E-state index in [1.54, 1.807) is 30.3 Å². The second-order valence-corrected chi connectivity index (χ2v) is 6.08. The van der Waals surface area contributed by atoms with Gasteiger partial charge in [0, 0.05) is 12.0 Å². The summed E-state index contributed by atoms with van der Waals surface area (Å²) in [6.45, 7) is 5.61. The number of benzene rings is 1. The lowest BCUT2D eigenvalue weighted by Crippen LogP contribution is -2.26. The standard InChI is InChI=1S/C19H24N2O5/c1-4-13(5-2)16-10-17(26-21-16)19(24)20-12(3)14-6-8-15(9-7-14)25-11-18(22)23/h6-10,12-13H,4-5,11H2,1-3H3,(H,20,24)(H,22,23). The molecule has 1 aromatic carbocycles. The number of amides is 1.